The van der Waals surface area contributed by atoms with Crippen molar-refractivity contribution >= 4 is 60.5 Å². The maximum Gasteiger partial charge on any atom is 0.341 e. The van der Waals surface area contributed by atoms with Crippen LogP contribution in [0, 0.1) is 0 Å². The first kappa shape index (κ1) is 19.5. The summed E-state index contributed by atoms with van der Waals surface area (Å²) in [6.45, 7) is -0.417. The van der Waals surface area contributed by atoms with Crippen molar-refractivity contribution in [3.05, 3.63) is 62.4 Å². The number of carboxylic acids is 1. The number of aliphatic carboxylic acids is 1. The Hall–Kier alpha value is -2.23. The molecule has 2 aromatic carbocycles. The molecule has 0 radical (unpaired) electrons. The van der Waals surface area contributed by atoms with Gasteiger partial charge in [-0.15, -0.1) is 11.3 Å². The van der Waals surface area contributed by atoms with Crippen molar-refractivity contribution in [3.8, 4) is 17.0 Å². The van der Waals surface area contributed by atoms with Gasteiger partial charge in [0.2, 0.25) is 5.13 Å². The van der Waals surface area contributed by atoms with E-state index in [1.54, 1.807) is 18.3 Å². The van der Waals surface area contributed by atoms with Crippen molar-refractivity contribution < 1.29 is 14.6 Å². The van der Waals surface area contributed by atoms with Gasteiger partial charge in [-0.2, -0.15) is 5.10 Å². The summed E-state index contributed by atoms with van der Waals surface area (Å²) in [7, 11) is 0. The highest BCUT2D eigenvalue weighted by atomic mass is 79.9. The van der Waals surface area contributed by atoms with Gasteiger partial charge in [-0.1, -0.05) is 30.3 Å². The Labute approximate surface area is 176 Å². The smallest absolute Gasteiger partial charge is 0.341 e. The van der Waals surface area contributed by atoms with E-state index in [1.807, 2.05) is 35.7 Å². The number of benzene rings is 2. The van der Waals surface area contributed by atoms with E-state index in [4.69, 9.17) is 9.84 Å². The molecule has 138 valence electrons. The molecule has 0 amide bonds. The number of hydrazone groups is 1. The summed E-state index contributed by atoms with van der Waals surface area (Å²) >= 11 is 8.22. The molecule has 0 aliphatic rings. The van der Waals surface area contributed by atoms with Gasteiger partial charge in [-0.3, -0.25) is 5.43 Å². The summed E-state index contributed by atoms with van der Waals surface area (Å²) in [5.41, 5.74) is 5.65. The second kappa shape index (κ2) is 9.12. The standard InChI is InChI=1S/C18H13Br2N3O3S/c19-13-6-11(7-14(20)17(13)26-9-16(24)25)8-21-23-18-22-15(10-27-18)12-4-2-1-3-5-12/h1-8,10H,9H2,(H,22,23)(H,24,25). The van der Waals surface area contributed by atoms with E-state index < -0.39 is 12.6 Å². The number of hydrogen-bond acceptors (Lipinski definition) is 6. The lowest BCUT2D eigenvalue weighted by atomic mass is 10.2. The predicted octanol–water partition coefficient (Wildman–Crippen LogP) is 5.24. The van der Waals surface area contributed by atoms with Gasteiger partial charge in [-0.05, 0) is 49.6 Å². The predicted molar refractivity (Wildman–Crippen MR) is 114 cm³/mol. The molecule has 0 aliphatic heterocycles. The Morgan fingerprint density at radius 2 is 1.96 bits per heavy atom. The Balaban J connectivity index is 1.66. The molecular weight excluding hydrogens is 498 g/mol. The van der Waals surface area contributed by atoms with Crippen LogP contribution in [0.3, 0.4) is 0 Å². The van der Waals surface area contributed by atoms with Crippen LogP contribution in [0.4, 0.5) is 5.13 Å². The van der Waals surface area contributed by atoms with Crippen LogP contribution in [0.25, 0.3) is 11.3 Å². The number of aromatic nitrogens is 1. The van der Waals surface area contributed by atoms with Gasteiger partial charge in [0.1, 0.15) is 5.75 Å². The van der Waals surface area contributed by atoms with E-state index >= 15 is 0 Å². The number of rotatable bonds is 7. The molecular formula is C18H13Br2N3O3S. The van der Waals surface area contributed by atoms with Gasteiger partial charge in [0.05, 0.1) is 20.9 Å². The van der Waals surface area contributed by atoms with Gasteiger partial charge in [0.25, 0.3) is 0 Å². The fourth-order valence-electron chi connectivity index (χ4n) is 2.15. The number of nitrogens with zero attached hydrogens (tertiary/aromatic N) is 2. The number of ether oxygens (including phenoxy) is 1. The van der Waals surface area contributed by atoms with Crippen molar-refractivity contribution in [1.82, 2.24) is 4.98 Å². The Kier molecular flexibility index (Phi) is 6.59. The molecule has 0 saturated carbocycles. The third-order valence-corrected chi connectivity index (χ3v) is 5.23. The highest BCUT2D eigenvalue weighted by Crippen LogP contribution is 2.34. The molecule has 0 fully saturated rings. The molecule has 0 unspecified atom stereocenters. The average molecular weight is 511 g/mol. The quantitative estimate of drug-likeness (QED) is 0.335. The molecule has 6 nitrogen and oxygen atoms in total. The van der Waals surface area contributed by atoms with Crippen molar-refractivity contribution in [2.75, 3.05) is 12.0 Å². The van der Waals surface area contributed by atoms with E-state index in [-0.39, 0.29) is 0 Å². The SMILES string of the molecule is O=C(O)COc1c(Br)cc(C=NNc2nc(-c3ccccc3)cs2)cc1Br. The van der Waals surface area contributed by atoms with Crippen LogP contribution >= 0.6 is 43.2 Å². The largest absolute Gasteiger partial charge is 0.480 e. The van der Waals surface area contributed by atoms with Crippen molar-refractivity contribution in [1.29, 1.82) is 0 Å². The van der Waals surface area contributed by atoms with E-state index in [2.05, 4.69) is 47.4 Å². The number of carboxylic acid groups (broad SMARTS) is 1. The zero-order valence-corrected chi connectivity index (χ0v) is 17.7. The van der Waals surface area contributed by atoms with Gasteiger partial charge >= 0.3 is 5.97 Å². The van der Waals surface area contributed by atoms with E-state index in [9.17, 15) is 4.79 Å². The van der Waals surface area contributed by atoms with Crippen molar-refractivity contribution in [2.45, 2.75) is 0 Å². The molecule has 27 heavy (non-hydrogen) atoms. The van der Waals surface area contributed by atoms with Crippen LogP contribution in [-0.4, -0.2) is 28.9 Å². The first-order valence-electron chi connectivity index (χ1n) is 7.66. The lowest BCUT2D eigenvalue weighted by molar-refractivity contribution is -0.139. The summed E-state index contributed by atoms with van der Waals surface area (Å²) in [6, 6.07) is 13.5. The summed E-state index contributed by atoms with van der Waals surface area (Å²) in [5.74, 6) is -0.614. The highest BCUT2D eigenvalue weighted by Gasteiger charge is 2.10. The maximum atomic E-state index is 10.6. The van der Waals surface area contributed by atoms with Crippen LogP contribution in [-0.2, 0) is 4.79 Å². The molecule has 1 aromatic heterocycles. The summed E-state index contributed by atoms with van der Waals surface area (Å²) in [5, 5.41) is 15.6. The van der Waals surface area contributed by atoms with Crippen LogP contribution in [0.1, 0.15) is 5.56 Å². The van der Waals surface area contributed by atoms with Gasteiger partial charge < -0.3 is 9.84 Å². The lowest BCUT2D eigenvalue weighted by Gasteiger charge is -2.09. The molecule has 9 heteroatoms. The molecule has 0 atom stereocenters. The zero-order chi connectivity index (χ0) is 19.2. The second-order valence-electron chi connectivity index (χ2n) is 5.27. The van der Waals surface area contributed by atoms with Crippen LogP contribution in [0.2, 0.25) is 0 Å². The zero-order valence-electron chi connectivity index (χ0n) is 13.7. The monoisotopic (exact) mass is 509 g/mol. The average Bonchev–Trinajstić information content (AvgIpc) is 3.10. The number of hydrogen-bond donors (Lipinski definition) is 2. The van der Waals surface area contributed by atoms with Crippen molar-refractivity contribution in [3.63, 3.8) is 0 Å². The molecule has 3 aromatic rings. The highest BCUT2D eigenvalue weighted by molar-refractivity contribution is 9.11. The summed E-state index contributed by atoms with van der Waals surface area (Å²) < 4.78 is 6.49. The van der Waals surface area contributed by atoms with Gasteiger partial charge in [0.15, 0.2) is 6.61 Å². The normalized spacial score (nSPS) is 10.9. The van der Waals surface area contributed by atoms with Crippen LogP contribution < -0.4 is 10.2 Å². The molecule has 2 N–H and O–H groups in total. The summed E-state index contributed by atoms with van der Waals surface area (Å²) in [6.07, 6.45) is 1.64. The Bertz CT molecular complexity index is 954. The fourth-order valence-corrected chi connectivity index (χ4v) is 4.27. The van der Waals surface area contributed by atoms with Gasteiger partial charge in [0, 0.05) is 10.9 Å². The second-order valence-corrected chi connectivity index (χ2v) is 7.84. The summed E-state index contributed by atoms with van der Waals surface area (Å²) in [4.78, 5) is 15.1. The van der Waals surface area contributed by atoms with Crippen LogP contribution in [0.15, 0.2) is 61.9 Å². The number of halogens is 2. The lowest BCUT2D eigenvalue weighted by Crippen LogP contribution is -2.10. The van der Waals surface area contributed by atoms with Crippen LogP contribution in [0.5, 0.6) is 5.75 Å². The minimum atomic E-state index is -1.04. The molecule has 0 bridgehead atoms. The topological polar surface area (TPSA) is 83.8 Å². The number of nitrogens with one attached hydrogen (secondary N) is 1. The Morgan fingerprint density at radius 3 is 2.63 bits per heavy atom. The fraction of sp³-hybridized carbons (Fsp3) is 0.0556. The molecule has 0 spiro atoms. The number of carbonyl (C=O) groups is 1. The minimum absolute atomic E-state index is 0.417. The third kappa shape index (κ3) is 5.38. The van der Waals surface area contributed by atoms with E-state index in [1.165, 1.54) is 11.3 Å². The van der Waals surface area contributed by atoms with E-state index in [0.717, 1.165) is 16.8 Å². The van der Waals surface area contributed by atoms with Crippen molar-refractivity contribution in [2.24, 2.45) is 5.10 Å². The number of thiazole rings is 1. The van der Waals surface area contributed by atoms with E-state index in [0.29, 0.717) is 19.8 Å². The molecule has 0 saturated heterocycles. The Morgan fingerprint density at radius 1 is 1.26 bits per heavy atom. The number of anilines is 1. The first-order valence-corrected chi connectivity index (χ1v) is 10.1. The van der Waals surface area contributed by atoms with Gasteiger partial charge in [-0.25, -0.2) is 9.78 Å². The third-order valence-electron chi connectivity index (χ3n) is 3.31. The first-order chi connectivity index (χ1) is 13.0. The molecule has 0 aliphatic carbocycles. The molecule has 1 heterocycles. The maximum absolute atomic E-state index is 10.6. The molecule has 3 rings (SSSR count). The minimum Gasteiger partial charge on any atom is -0.480 e.